The first-order valence-electron chi connectivity index (χ1n) is 7.79. The van der Waals surface area contributed by atoms with Gasteiger partial charge in [0.1, 0.15) is 17.8 Å². The molecule has 0 aliphatic rings. The second-order valence-electron chi connectivity index (χ2n) is 5.45. The molecule has 1 aromatic carbocycles. The van der Waals surface area contributed by atoms with E-state index in [1.807, 2.05) is 36.8 Å². The Hall–Kier alpha value is -1.64. The number of amides is 2. The average molecular weight is 414 g/mol. The molecule has 0 aliphatic carbocycles. The number of carbonyl (C=O) groups excluding carboxylic acids is 2. The van der Waals surface area contributed by atoms with Crippen LogP contribution in [-0.4, -0.2) is 41.3 Å². The first kappa shape index (κ1) is 20.7. The van der Waals surface area contributed by atoms with Crippen LogP contribution in [0.2, 0.25) is 5.15 Å². The van der Waals surface area contributed by atoms with Gasteiger partial charge in [-0.25, -0.2) is 14.6 Å². The predicted molar refractivity (Wildman–Crippen MR) is 108 cm³/mol. The van der Waals surface area contributed by atoms with Gasteiger partial charge in [-0.15, -0.1) is 11.8 Å². The molecule has 140 valence electrons. The van der Waals surface area contributed by atoms with Crippen molar-refractivity contribution in [3.8, 4) is 0 Å². The summed E-state index contributed by atoms with van der Waals surface area (Å²) >= 11 is 9.41. The molecule has 1 aromatic heterocycles. The Bertz CT molecular complexity index is 804. The molecule has 0 radical (unpaired) electrons. The number of urea groups is 1. The van der Waals surface area contributed by atoms with Gasteiger partial charge >= 0.3 is 12.0 Å². The fourth-order valence-corrected chi connectivity index (χ4v) is 3.41. The number of carbonyl (C=O) groups is 2. The molecule has 3 N–H and O–H groups in total. The Morgan fingerprint density at radius 2 is 2.12 bits per heavy atom. The number of pyridine rings is 1. The summed E-state index contributed by atoms with van der Waals surface area (Å²) in [5, 5.41) is 3.60. The number of nitrogens with one attached hydrogen (secondary N) is 1. The van der Waals surface area contributed by atoms with Crippen molar-refractivity contribution < 1.29 is 14.3 Å². The molecule has 2 aromatic rings. The van der Waals surface area contributed by atoms with Gasteiger partial charge in [-0.2, -0.15) is 11.8 Å². The molecule has 0 unspecified atom stereocenters. The van der Waals surface area contributed by atoms with Crippen molar-refractivity contribution in [3.63, 3.8) is 0 Å². The Morgan fingerprint density at radius 1 is 1.35 bits per heavy atom. The summed E-state index contributed by atoms with van der Waals surface area (Å²) in [6.07, 6.45) is 4.34. The highest BCUT2D eigenvalue weighted by molar-refractivity contribution is 7.98. The SMILES string of the molecule is CSCC[C@@H](NC(N)=O)C(=O)OCc1cc2ccc(SC)cc2nc1Cl. The standard InChI is InChI=1S/C17H20ClN3O3S2/c1-25-6-5-13(21-17(19)23)16(22)24-9-11-7-10-3-4-12(26-2)8-14(10)20-15(11)18/h3-4,7-8,13H,5-6,9H2,1-2H3,(H3,19,21,23)/t13-/m1/s1. The minimum absolute atomic E-state index is 0.0267. The number of hydrogen-bond donors (Lipinski definition) is 2. The van der Waals surface area contributed by atoms with E-state index in [1.54, 1.807) is 23.5 Å². The number of halogens is 1. The summed E-state index contributed by atoms with van der Waals surface area (Å²) in [5.74, 6) is 0.141. The summed E-state index contributed by atoms with van der Waals surface area (Å²) in [7, 11) is 0. The molecule has 26 heavy (non-hydrogen) atoms. The molecule has 0 saturated heterocycles. The van der Waals surface area contributed by atoms with E-state index < -0.39 is 18.0 Å². The van der Waals surface area contributed by atoms with Gasteiger partial charge in [0.2, 0.25) is 0 Å². The van der Waals surface area contributed by atoms with Gasteiger partial charge in [-0.1, -0.05) is 17.7 Å². The Kier molecular flexibility index (Phi) is 7.86. The second-order valence-corrected chi connectivity index (χ2v) is 7.67. The first-order chi connectivity index (χ1) is 12.4. The third kappa shape index (κ3) is 5.69. The number of ether oxygens (including phenoxy) is 1. The van der Waals surface area contributed by atoms with Crippen LogP contribution in [-0.2, 0) is 16.1 Å². The van der Waals surface area contributed by atoms with Gasteiger partial charge in [-0.3, -0.25) is 0 Å². The highest BCUT2D eigenvalue weighted by atomic mass is 35.5. The van der Waals surface area contributed by atoms with Crippen LogP contribution >= 0.6 is 35.1 Å². The van der Waals surface area contributed by atoms with E-state index in [4.69, 9.17) is 22.1 Å². The van der Waals surface area contributed by atoms with Crippen molar-refractivity contribution in [1.29, 1.82) is 0 Å². The molecule has 1 heterocycles. The number of nitrogens with two attached hydrogens (primary N) is 1. The summed E-state index contributed by atoms with van der Waals surface area (Å²) in [6, 6.07) is 6.20. The van der Waals surface area contributed by atoms with Gasteiger partial charge in [0.15, 0.2) is 0 Å². The number of hydrogen-bond acceptors (Lipinski definition) is 6. The molecule has 0 bridgehead atoms. The average Bonchev–Trinajstić information content (AvgIpc) is 2.62. The molecule has 6 nitrogen and oxygen atoms in total. The zero-order valence-electron chi connectivity index (χ0n) is 14.5. The Labute approximate surface area is 165 Å². The normalized spacial score (nSPS) is 12.0. The van der Waals surface area contributed by atoms with Gasteiger partial charge in [0, 0.05) is 15.8 Å². The summed E-state index contributed by atoms with van der Waals surface area (Å²) in [6.45, 7) is -0.0267. The van der Waals surface area contributed by atoms with Crippen molar-refractivity contribution in [2.45, 2.75) is 24.0 Å². The molecule has 2 amide bonds. The molecule has 0 fully saturated rings. The lowest BCUT2D eigenvalue weighted by atomic mass is 10.1. The van der Waals surface area contributed by atoms with Crippen molar-refractivity contribution in [3.05, 3.63) is 35.0 Å². The number of aromatic nitrogens is 1. The molecule has 0 aliphatic heterocycles. The maximum Gasteiger partial charge on any atom is 0.329 e. The van der Waals surface area contributed by atoms with Gasteiger partial charge in [0.25, 0.3) is 0 Å². The third-order valence-corrected chi connectivity index (χ3v) is 5.33. The molecule has 2 rings (SSSR count). The van der Waals surface area contributed by atoms with Gasteiger partial charge < -0.3 is 15.8 Å². The van der Waals surface area contributed by atoms with Crippen LogP contribution in [0.3, 0.4) is 0 Å². The van der Waals surface area contributed by atoms with E-state index in [1.165, 1.54) is 0 Å². The number of fused-ring (bicyclic) bond motifs is 1. The van der Waals surface area contributed by atoms with E-state index in [0.29, 0.717) is 17.7 Å². The smallest absolute Gasteiger partial charge is 0.329 e. The lowest BCUT2D eigenvalue weighted by Crippen LogP contribution is -2.44. The topological polar surface area (TPSA) is 94.3 Å². The Morgan fingerprint density at radius 3 is 2.77 bits per heavy atom. The zero-order chi connectivity index (χ0) is 19.1. The highest BCUT2D eigenvalue weighted by Crippen LogP contribution is 2.25. The Balaban J connectivity index is 2.10. The van der Waals surface area contributed by atoms with Crippen molar-refractivity contribution >= 4 is 58.0 Å². The van der Waals surface area contributed by atoms with Crippen molar-refractivity contribution in [1.82, 2.24) is 10.3 Å². The number of esters is 1. The molecular formula is C17H20ClN3O3S2. The zero-order valence-corrected chi connectivity index (χ0v) is 16.8. The molecular weight excluding hydrogens is 394 g/mol. The number of rotatable bonds is 8. The highest BCUT2D eigenvalue weighted by Gasteiger charge is 2.21. The van der Waals surface area contributed by atoms with E-state index >= 15 is 0 Å². The van der Waals surface area contributed by atoms with Gasteiger partial charge in [-0.05, 0) is 42.9 Å². The maximum absolute atomic E-state index is 12.2. The predicted octanol–water partition coefficient (Wildman–Crippen LogP) is 3.44. The summed E-state index contributed by atoms with van der Waals surface area (Å²) < 4.78 is 5.32. The largest absolute Gasteiger partial charge is 0.459 e. The van der Waals surface area contributed by atoms with Crippen LogP contribution in [0.25, 0.3) is 10.9 Å². The quantitative estimate of drug-likeness (QED) is 0.391. The van der Waals surface area contributed by atoms with E-state index in [9.17, 15) is 9.59 Å². The lowest BCUT2D eigenvalue weighted by molar-refractivity contribution is -0.147. The van der Waals surface area contributed by atoms with Crippen LogP contribution in [0.4, 0.5) is 4.79 Å². The molecule has 0 saturated carbocycles. The fraction of sp³-hybridized carbons (Fsp3) is 0.353. The minimum Gasteiger partial charge on any atom is -0.459 e. The van der Waals surface area contributed by atoms with E-state index in [2.05, 4.69) is 10.3 Å². The van der Waals surface area contributed by atoms with Gasteiger partial charge in [0.05, 0.1) is 5.52 Å². The third-order valence-electron chi connectivity index (χ3n) is 3.63. The second kappa shape index (κ2) is 9.89. The summed E-state index contributed by atoms with van der Waals surface area (Å²) in [5.41, 5.74) is 6.51. The molecule has 0 spiro atoms. The summed E-state index contributed by atoms with van der Waals surface area (Å²) in [4.78, 5) is 28.8. The maximum atomic E-state index is 12.2. The fourth-order valence-electron chi connectivity index (χ4n) is 2.30. The van der Waals surface area contributed by atoms with Crippen LogP contribution in [0.15, 0.2) is 29.2 Å². The van der Waals surface area contributed by atoms with E-state index in [0.717, 1.165) is 15.8 Å². The number of primary amides is 1. The van der Waals surface area contributed by atoms with Crippen LogP contribution in [0, 0.1) is 0 Å². The van der Waals surface area contributed by atoms with E-state index in [-0.39, 0.29) is 11.8 Å². The lowest BCUT2D eigenvalue weighted by Gasteiger charge is -2.16. The van der Waals surface area contributed by atoms with Crippen LogP contribution in [0.1, 0.15) is 12.0 Å². The molecule has 1 atom stereocenters. The first-order valence-corrected chi connectivity index (χ1v) is 10.8. The minimum atomic E-state index is -0.781. The van der Waals surface area contributed by atoms with Crippen LogP contribution < -0.4 is 11.1 Å². The van der Waals surface area contributed by atoms with Crippen molar-refractivity contribution in [2.24, 2.45) is 5.73 Å². The number of benzene rings is 1. The number of thioether (sulfide) groups is 2. The van der Waals surface area contributed by atoms with Crippen molar-refractivity contribution in [2.75, 3.05) is 18.3 Å². The monoisotopic (exact) mass is 413 g/mol. The molecule has 9 heteroatoms. The van der Waals surface area contributed by atoms with Crippen LogP contribution in [0.5, 0.6) is 0 Å². The number of nitrogens with zero attached hydrogens (tertiary/aromatic N) is 1.